The summed E-state index contributed by atoms with van der Waals surface area (Å²) in [5.41, 5.74) is 5.39. The van der Waals surface area contributed by atoms with Crippen LogP contribution in [0.2, 0.25) is 0 Å². The van der Waals surface area contributed by atoms with E-state index < -0.39 is 12.0 Å². The lowest BCUT2D eigenvalue weighted by Gasteiger charge is -2.11. The first-order valence-electron chi connectivity index (χ1n) is 5.17. The second-order valence-electron chi connectivity index (χ2n) is 3.49. The molecular formula is C10H21NO2S. The van der Waals surface area contributed by atoms with Crippen LogP contribution in [0.4, 0.5) is 0 Å². The fourth-order valence-electron chi connectivity index (χ4n) is 1.11. The first-order chi connectivity index (χ1) is 6.61. The summed E-state index contributed by atoms with van der Waals surface area (Å²) in [4.78, 5) is 10.4. The third-order valence-corrected chi connectivity index (χ3v) is 3.63. The molecular weight excluding hydrogens is 198 g/mol. The highest BCUT2D eigenvalue weighted by Crippen LogP contribution is 2.16. The minimum absolute atomic E-state index is 0.570. The third-order valence-electron chi connectivity index (χ3n) is 2.40. The Balaban J connectivity index is 3.41. The standard InChI is InChI=1S/C10H21NO2S/c1-3-8(4-2)7-14-6-5-9(11)10(12)13/h8-9H,3-7,11H2,1-2H3,(H,12,13). The number of hydrogen-bond donors (Lipinski definition) is 2. The van der Waals surface area contributed by atoms with Crippen molar-refractivity contribution in [2.45, 2.75) is 39.2 Å². The molecule has 3 N–H and O–H groups in total. The van der Waals surface area contributed by atoms with Gasteiger partial charge >= 0.3 is 5.97 Å². The van der Waals surface area contributed by atoms with Crippen LogP contribution in [0.3, 0.4) is 0 Å². The topological polar surface area (TPSA) is 63.3 Å². The maximum Gasteiger partial charge on any atom is 0.320 e. The van der Waals surface area contributed by atoms with Gasteiger partial charge in [0.2, 0.25) is 0 Å². The number of nitrogens with two attached hydrogens (primary N) is 1. The second kappa shape index (κ2) is 8.12. The summed E-state index contributed by atoms with van der Waals surface area (Å²) in [6, 6.07) is -0.691. The average molecular weight is 219 g/mol. The van der Waals surface area contributed by atoms with Crippen molar-refractivity contribution in [3.05, 3.63) is 0 Å². The SMILES string of the molecule is CCC(CC)CSCCC(N)C(=O)O. The molecule has 0 aromatic rings. The van der Waals surface area contributed by atoms with Gasteiger partial charge in [-0.1, -0.05) is 26.7 Å². The Hall–Kier alpha value is -0.220. The highest BCUT2D eigenvalue weighted by Gasteiger charge is 2.11. The number of carboxylic acid groups (broad SMARTS) is 1. The van der Waals surface area contributed by atoms with Gasteiger partial charge in [-0.05, 0) is 23.8 Å². The van der Waals surface area contributed by atoms with E-state index in [1.165, 1.54) is 12.8 Å². The number of carboxylic acids is 1. The number of carbonyl (C=O) groups is 1. The van der Waals surface area contributed by atoms with E-state index in [2.05, 4.69) is 13.8 Å². The van der Waals surface area contributed by atoms with Crippen LogP contribution in [0, 0.1) is 5.92 Å². The fourth-order valence-corrected chi connectivity index (χ4v) is 2.50. The van der Waals surface area contributed by atoms with Crippen molar-refractivity contribution in [2.24, 2.45) is 11.7 Å². The Labute approximate surface area is 90.4 Å². The summed E-state index contributed by atoms with van der Waals surface area (Å²) >= 11 is 1.81. The Kier molecular flexibility index (Phi) is 7.99. The summed E-state index contributed by atoms with van der Waals surface area (Å²) in [7, 11) is 0. The maximum absolute atomic E-state index is 10.4. The average Bonchev–Trinajstić information content (AvgIpc) is 2.17. The first kappa shape index (κ1) is 13.8. The molecule has 0 aromatic carbocycles. The molecule has 0 aromatic heterocycles. The van der Waals surface area contributed by atoms with Gasteiger partial charge in [-0.25, -0.2) is 0 Å². The zero-order valence-electron chi connectivity index (χ0n) is 9.03. The van der Waals surface area contributed by atoms with Gasteiger partial charge in [0.25, 0.3) is 0 Å². The van der Waals surface area contributed by atoms with E-state index in [9.17, 15) is 4.79 Å². The van der Waals surface area contributed by atoms with Crippen molar-refractivity contribution in [1.82, 2.24) is 0 Å². The van der Waals surface area contributed by atoms with E-state index in [4.69, 9.17) is 10.8 Å². The quantitative estimate of drug-likeness (QED) is 0.613. The fraction of sp³-hybridized carbons (Fsp3) is 0.900. The molecule has 0 rings (SSSR count). The van der Waals surface area contributed by atoms with Gasteiger partial charge in [0.15, 0.2) is 0 Å². The normalized spacial score (nSPS) is 13.1. The summed E-state index contributed by atoms with van der Waals surface area (Å²) in [6.07, 6.45) is 2.98. The van der Waals surface area contributed by atoms with Crippen LogP contribution < -0.4 is 5.73 Å². The summed E-state index contributed by atoms with van der Waals surface area (Å²) in [5.74, 6) is 1.85. The lowest BCUT2D eigenvalue weighted by Crippen LogP contribution is -2.30. The van der Waals surface area contributed by atoms with Gasteiger partial charge in [0.05, 0.1) is 0 Å². The zero-order valence-corrected chi connectivity index (χ0v) is 9.85. The van der Waals surface area contributed by atoms with E-state index in [1.807, 2.05) is 11.8 Å². The molecule has 0 spiro atoms. The smallest absolute Gasteiger partial charge is 0.320 e. The summed E-state index contributed by atoms with van der Waals surface area (Å²) < 4.78 is 0. The Morgan fingerprint density at radius 1 is 1.43 bits per heavy atom. The predicted octanol–water partition coefficient (Wildman–Crippen LogP) is 1.96. The van der Waals surface area contributed by atoms with E-state index in [0.717, 1.165) is 17.4 Å². The Bertz CT molecular complexity index is 160. The van der Waals surface area contributed by atoms with Crippen molar-refractivity contribution < 1.29 is 9.90 Å². The highest BCUT2D eigenvalue weighted by molar-refractivity contribution is 7.99. The molecule has 1 atom stereocenters. The largest absolute Gasteiger partial charge is 0.480 e. The van der Waals surface area contributed by atoms with Gasteiger partial charge in [0, 0.05) is 0 Å². The molecule has 0 saturated carbocycles. The molecule has 0 saturated heterocycles. The molecule has 0 bridgehead atoms. The molecule has 14 heavy (non-hydrogen) atoms. The van der Waals surface area contributed by atoms with Gasteiger partial charge in [-0.2, -0.15) is 11.8 Å². The van der Waals surface area contributed by atoms with Crippen LogP contribution in [0.25, 0.3) is 0 Å². The van der Waals surface area contributed by atoms with Crippen molar-refractivity contribution in [3.8, 4) is 0 Å². The molecule has 0 aliphatic rings. The molecule has 4 heteroatoms. The van der Waals surface area contributed by atoms with Crippen LogP contribution in [-0.2, 0) is 4.79 Å². The van der Waals surface area contributed by atoms with Crippen molar-refractivity contribution >= 4 is 17.7 Å². The van der Waals surface area contributed by atoms with Gasteiger partial charge < -0.3 is 10.8 Å². The van der Waals surface area contributed by atoms with Gasteiger partial charge in [-0.3, -0.25) is 4.79 Å². The van der Waals surface area contributed by atoms with E-state index >= 15 is 0 Å². The molecule has 0 heterocycles. The molecule has 3 nitrogen and oxygen atoms in total. The van der Waals surface area contributed by atoms with Crippen molar-refractivity contribution in [2.75, 3.05) is 11.5 Å². The van der Waals surface area contributed by atoms with Crippen LogP contribution in [-0.4, -0.2) is 28.6 Å². The Morgan fingerprint density at radius 3 is 2.43 bits per heavy atom. The van der Waals surface area contributed by atoms with Crippen LogP contribution >= 0.6 is 11.8 Å². The molecule has 1 unspecified atom stereocenters. The first-order valence-corrected chi connectivity index (χ1v) is 6.33. The van der Waals surface area contributed by atoms with Crippen molar-refractivity contribution in [1.29, 1.82) is 0 Å². The van der Waals surface area contributed by atoms with Crippen LogP contribution in [0.5, 0.6) is 0 Å². The number of hydrogen-bond acceptors (Lipinski definition) is 3. The minimum Gasteiger partial charge on any atom is -0.480 e. The second-order valence-corrected chi connectivity index (χ2v) is 4.64. The predicted molar refractivity (Wildman–Crippen MR) is 61.6 cm³/mol. The third kappa shape index (κ3) is 6.27. The van der Waals surface area contributed by atoms with E-state index in [0.29, 0.717) is 6.42 Å². The number of thioether (sulfide) groups is 1. The number of rotatable bonds is 8. The highest BCUT2D eigenvalue weighted by atomic mass is 32.2. The van der Waals surface area contributed by atoms with Gasteiger partial charge in [-0.15, -0.1) is 0 Å². The van der Waals surface area contributed by atoms with Crippen LogP contribution in [0.15, 0.2) is 0 Å². The van der Waals surface area contributed by atoms with Crippen LogP contribution in [0.1, 0.15) is 33.1 Å². The van der Waals surface area contributed by atoms with E-state index in [1.54, 1.807) is 0 Å². The minimum atomic E-state index is -0.895. The lowest BCUT2D eigenvalue weighted by atomic mass is 10.1. The van der Waals surface area contributed by atoms with Crippen molar-refractivity contribution in [3.63, 3.8) is 0 Å². The molecule has 0 amide bonds. The van der Waals surface area contributed by atoms with E-state index in [-0.39, 0.29) is 0 Å². The maximum atomic E-state index is 10.4. The summed E-state index contributed by atoms with van der Waals surface area (Å²) in [5, 5.41) is 8.55. The molecule has 0 aliphatic heterocycles. The lowest BCUT2D eigenvalue weighted by molar-refractivity contribution is -0.138. The Morgan fingerprint density at radius 2 is 2.00 bits per heavy atom. The number of aliphatic carboxylic acids is 1. The molecule has 0 radical (unpaired) electrons. The molecule has 0 fully saturated rings. The van der Waals surface area contributed by atoms with Gasteiger partial charge in [0.1, 0.15) is 6.04 Å². The zero-order chi connectivity index (χ0) is 11.0. The summed E-state index contributed by atoms with van der Waals surface area (Å²) in [6.45, 7) is 4.38. The monoisotopic (exact) mass is 219 g/mol. The molecule has 84 valence electrons. The molecule has 0 aliphatic carbocycles.